The third kappa shape index (κ3) is 2.73. The summed E-state index contributed by atoms with van der Waals surface area (Å²) in [5.74, 6) is 0. The number of rotatable bonds is 4. The van der Waals surface area contributed by atoms with Gasteiger partial charge in [0.25, 0.3) is 0 Å². The molecule has 0 unspecified atom stereocenters. The number of hydrogen-bond acceptors (Lipinski definition) is 3. The SMILES string of the molecule is CC(C)(O)C(C)(C)O[B]c1cccc2sc3c4c(ccc3c12)-c1cccc2cccc-4c12. The second-order valence-corrected chi connectivity index (χ2v) is 10.8. The Morgan fingerprint density at radius 1 is 0.781 bits per heavy atom. The molecule has 0 saturated carbocycles. The van der Waals surface area contributed by atoms with Gasteiger partial charge in [-0.3, -0.25) is 0 Å². The van der Waals surface area contributed by atoms with Crippen LogP contribution in [-0.4, -0.2) is 23.8 Å². The van der Waals surface area contributed by atoms with Crippen LogP contribution in [0.2, 0.25) is 0 Å². The molecule has 0 spiro atoms. The zero-order valence-corrected chi connectivity index (χ0v) is 19.5. The zero-order chi connectivity index (χ0) is 22.3. The van der Waals surface area contributed by atoms with Crippen molar-refractivity contribution >= 4 is 55.2 Å². The van der Waals surface area contributed by atoms with Crippen LogP contribution in [0, 0.1) is 0 Å². The van der Waals surface area contributed by atoms with Crippen molar-refractivity contribution in [2.75, 3.05) is 0 Å². The summed E-state index contributed by atoms with van der Waals surface area (Å²) in [4.78, 5) is 0. The van der Waals surface area contributed by atoms with Crippen LogP contribution in [-0.2, 0) is 4.65 Å². The van der Waals surface area contributed by atoms with Crippen LogP contribution in [0.15, 0.2) is 66.7 Å². The second-order valence-electron chi connectivity index (χ2n) is 9.70. The first-order valence-electron chi connectivity index (χ1n) is 11.0. The monoisotopic (exact) mass is 435 g/mol. The van der Waals surface area contributed by atoms with Crippen LogP contribution in [0.4, 0.5) is 0 Å². The molecule has 0 aliphatic heterocycles. The molecule has 1 heterocycles. The first-order chi connectivity index (χ1) is 15.3. The predicted molar refractivity (Wildman–Crippen MR) is 138 cm³/mol. The van der Waals surface area contributed by atoms with E-state index in [1.54, 1.807) is 13.8 Å². The van der Waals surface area contributed by atoms with Crippen molar-refractivity contribution in [2.45, 2.75) is 38.9 Å². The maximum atomic E-state index is 10.5. The molecule has 157 valence electrons. The Morgan fingerprint density at radius 3 is 2.25 bits per heavy atom. The fraction of sp³-hybridized carbons (Fsp3) is 0.214. The molecule has 1 aliphatic carbocycles. The molecule has 0 atom stereocenters. The van der Waals surface area contributed by atoms with E-state index in [9.17, 15) is 5.11 Å². The maximum Gasteiger partial charge on any atom is 0.331 e. The van der Waals surface area contributed by atoms with E-state index in [4.69, 9.17) is 4.65 Å². The van der Waals surface area contributed by atoms with Crippen LogP contribution in [0.1, 0.15) is 27.7 Å². The Morgan fingerprint density at radius 2 is 1.50 bits per heavy atom. The Kier molecular flexibility index (Phi) is 4.17. The number of aliphatic hydroxyl groups is 1. The van der Waals surface area contributed by atoms with Gasteiger partial charge in [0.2, 0.25) is 0 Å². The van der Waals surface area contributed by atoms with Crippen LogP contribution in [0.3, 0.4) is 0 Å². The lowest BCUT2D eigenvalue weighted by molar-refractivity contribution is -0.0893. The summed E-state index contributed by atoms with van der Waals surface area (Å²) in [5.41, 5.74) is 4.70. The van der Waals surface area contributed by atoms with Crippen molar-refractivity contribution in [1.29, 1.82) is 0 Å². The van der Waals surface area contributed by atoms with Gasteiger partial charge in [0.15, 0.2) is 0 Å². The summed E-state index contributed by atoms with van der Waals surface area (Å²) in [6.07, 6.45) is 0. The number of benzene rings is 4. The molecule has 4 aromatic carbocycles. The van der Waals surface area contributed by atoms with E-state index in [1.807, 2.05) is 32.7 Å². The lowest BCUT2D eigenvalue weighted by Gasteiger charge is -2.37. The molecule has 32 heavy (non-hydrogen) atoms. The fourth-order valence-electron chi connectivity index (χ4n) is 4.64. The first kappa shape index (κ1) is 20.0. The van der Waals surface area contributed by atoms with Gasteiger partial charge in [-0.1, -0.05) is 60.7 Å². The van der Waals surface area contributed by atoms with E-state index < -0.39 is 11.2 Å². The predicted octanol–water partition coefficient (Wildman–Crippen LogP) is 6.67. The van der Waals surface area contributed by atoms with Crippen LogP contribution in [0.25, 0.3) is 53.2 Å². The molecule has 1 N–H and O–H groups in total. The molecule has 0 fully saturated rings. The topological polar surface area (TPSA) is 29.5 Å². The Bertz CT molecular complexity index is 1530. The highest BCUT2D eigenvalue weighted by Gasteiger charge is 2.36. The second kappa shape index (κ2) is 6.68. The minimum absolute atomic E-state index is 0.709. The minimum atomic E-state index is -0.959. The quantitative estimate of drug-likeness (QED) is 0.314. The van der Waals surface area contributed by atoms with E-state index in [2.05, 4.69) is 66.7 Å². The molecule has 6 rings (SSSR count). The third-order valence-electron chi connectivity index (χ3n) is 7.12. The molecule has 0 amide bonds. The van der Waals surface area contributed by atoms with Gasteiger partial charge in [0, 0.05) is 20.3 Å². The Hall–Kier alpha value is -2.66. The van der Waals surface area contributed by atoms with Gasteiger partial charge in [0.1, 0.15) is 0 Å². The molecule has 5 aromatic rings. The van der Waals surface area contributed by atoms with E-state index in [0.29, 0.717) is 0 Å². The number of fused-ring (bicyclic) bond motifs is 7. The fourth-order valence-corrected chi connectivity index (χ4v) is 5.93. The van der Waals surface area contributed by atoms with Crippen LogP contribution >= 0.6 is 11.3 Å². The first-order valence-corrected chi connectivity index (χ1v) is 11.8. The van der Waals surface area contributed by atoms with Gasteiger partial charge in [-0.2, -0.15) is 0 Å². The summed E-state index contributed by atoms with van der Waals surface area (Å²) in [7, 11) is 1.81. The standard InChI is InChI=1S/C28H24BO2S/c1-27(2,30)28(3,4)31-29-21-12-7-13-22-25(21)20-15-14-18-17-10-5-8-16-9-6-11-19(23(16)17)24(18)26(20)32-22/h5-15,30H,1-4H3. The lowest BCUT2D eigenvalue weighted by Crippen LogP contribution is -2.49. The average Bonchev–Trinajstić information content (AvgIpc) is 3.29. The van der Waals surface area contributed by atoms with E-state index in [0.717, 1.165) is 5.46 Å². The molecule has 0 bridgehead atoms. The van der Waals surface area contributed by atoms with Crippen molar-refractivity contribution in [1.82, 2.24) is 0 Å². The summed E-state index contributed by atoms with van der Waals surface area (Å²) >= 11 is 1.85. The molecule has 4 heteroatoms. The Labute approximate surface area is 192 Å². The van der Waals surface area contributed by atoms with Crippen molar-refractivity contribution in [3.05, 3.63) is 66.7 Å². The molecule has 2 nitrogen and oxygen atoms in total. The molecule has 1 radical (unpaired) electrons. The average molecular weight is 435 g/mol. The van der Waals surface area contributed by atoms with Crippen molar-refractivity contribution < 1.29 is 9.76 Å². The Balaban J connectivity index is 1.56. The highest BCUT2D eigenvalue weighted by Crippen LogP contribution is 2.52. The molecule has 1 aliphatic rings. The zero-order valence-electron chi connectivity index (χ0n) is 18.7. The van der Waals surface area contributed by atoms with Crippen molar-refractivity contribution in [3.63, 3.8) is 0 Å². The third-order valence-corrected chi connectivity index (χ3v) is 8.30. The maximum absolute atomic E-state index is 10.5. The van der Waals surface area contributed by atoms with Gasteiger partial charge >= 0.3 is 7.48 Å². The largest absolute Gasteiger partial charge is 0.427 e. The summed E-state index contributed by atoms with van der Waals surface area (Å²) in [6, 6.07) is 24.1. The van der Waals surface area contributed by atoms with E-state index in [1.165, 1.54) is 53.2 Å². The number of hydrogen-bond donors (Lipinski definition) is 1. The van der Waals surface area contributed by atoms with E-state index >= 15 is 0 Å². The summed E-state index contributed by atoms with van der Waals surface area (Å²) in [5, 5.41) is 15.6. The van der Waals surface area contributed by atoms with Gasteiger partial charge in [-0.15, -0.1) is 11.3 Å². The highest BCUT2D eigenvalue weighted by molar-refractivity contribution is 7.26. The molecule has 1 aromatic heterocycles. The summed E-state index contributed by atoms with van der Waals surface area (Å²) in [6.45, 7) is 7.40. The van der Waals surface area contributed by atoms with Gasteiger partial charge < -0.3 is 9.76 Å². The smallest absolute Gasteiger partial charge is 0.331 e. The minimum Gasteiger partial charge on any atom is -0.427 e. The van der Waals surface area contributed by atoms with Crippen molar-refractivity contribution in [2.24, 2.45) is 0 Å². The van der Waals surface area contributed by atoms with Crippen LogP contribution < -0.4 is 5.46 Å². The molecule has 0 saturated heterocycles. The highest BCUT2D eigenvalue weighted by atomic mass is 32.1. The molecular weight excluding hydrogens is 411 g/mol. The van der Waals surface area contributed by atoms with Gasteiger partial charge in [0.05, 0.1) is 11.2 Å². The van der Waals surface area contributed by atoms with E-state index in [-0.39, 0.29) is 0 Å². The van der Waals surface area contributed by atoms with Gasteiger partial charge in [-0.05, 0) is 72.1 Å². The van der Waals surface area contributed by atoms with Gasteiger partial charge in [-0.25, -0.2) is 0 Å². The van der Waals surface area contributed by atoms with Crippen LogP contribution in [0.5, 0.6) is 0 Å². The lowest BCUT2D eigenvalue weighted by atomic mass is 9.80. The number of thiophene rings is 1. The summed E-state index contributed by atoms with van der Waals surface area (Å²) < 4.78 is 8.69. The molecular formula is C28H24BO2S. The van der Waals surface area contributed by atoms with Crippen molar-refractivity contribution in [3.8, 4) is 22.3 Å². The normalized spacial score (nSPS) is 13.3.